The number of nitrogens with zero attached hydrogens (tertiary/aromatic N) is 1. The van der Waals surface area contributed by atoms with Crippen LogP contribution >= 0.6 is 0 Å². The van der Waals surface area contributed by atoms with Gasteiger partial charge in [0.1, 0.15) is 0 Å². The van der Waals surface area contributed by atoms with Gasteiger partial charge in [0, 0.05) is 13.7 Å². The molecule has 2 nitrogen and oxygen atoms in total. The van der Waals surface area contributed by atoms with Gasteiger partial charge in [-0.15, -0.1) is 0 Å². The molecular formula is C11H25NO. The summed E-state index contributed by atoms with van der Waals surface area (Å²) in [7, 11) is 1.82. The minimum Gasteiger partial charge on any atom is -0.380 e. The summed E-state index contributed by atoms with van der Waals surface area (Å²) in [6.45, 7) is 9.88. The van der Waals surface area contributed by atoms with Crippen molar-refractivity contribution in [1.29, 1.82) is 0 Å². The van der Waals surface area contributed by atoms with Crippen molar-refractivity contribution in [3.8, 4) is 0 Å². The molecule has 1 heterocycles. The van der Waals surface area contributed by atoms with Crippen LogP contribution in [0.25, 0.3) is 0 Å². The molecular weight excluding hydrogens is 162 g/mol. The first-order chi connectivity index (χ1) is 6.36. The van der Waals surface area contributed by atoms with Crippen molar-refractivity contribution in [1.82, 2.24) is 4.90 Å². The van der Waals surface area contributed by atoms with Crippen molar-refractivity contribution in [2.75, 3.05) is 26.7 Å². The molecule has 0 aliphatic carbocycles. The van der Waals surface area contributed by atoms with Gasteiger partial charge in [0.05, 0.1) is 6.10 Å². The van der Waals surface area contributed by atoms with Crippen molar-refractivity contribution in [2.24, 2.45) is 0 Å². The number of piperidine rings is 1. The second kappa shape index (κ2) is 8.52. The largest absolute Gasteiger partial charge is 0.380 e. The molecule has 0 bridgehead atoms. The summed E-state index contributed by atoms with van der Waals surface area (Å²) in [5.41, 5.74) is 0. The highest BCUT2D eigenvalue weighted by Crippen LogP contribution is 2.12. The number of ether oxygens (including phenoxy) is 1. The van der Waals surface area contributed by atoms with E-state index in [0.717, 1.165) is 6.54 Å². The van der Waals surface area contributed by atoms with Gasteiger partial charge >= 0.3 is 0 Å². The molecule has 1 aliphatic heterocycles. The van der Waals surface area contributed by atoms with Crippen molar-refractivity contribution in [3.63, 3.8) is 0 Å². The van der Waals surface area contributed by atoms with Crippen molar-refractivity contribution in [2.45, 2.75) is 46.1 Å². The molecule has 1 unspecified atom stereocenters. The van der Waals surface area contributed by atoms with Gasteiger partial charge in [-0.1, -0.05) is 20.8 Å². The third-order valence-corrected chi connectivity index (χ3v) is 2.34. The lowest BCUT2D eigenvalue weighted by atomic mass is 10.1. The van der Waals surface area contributed by atoms with Crippen LogP contribution in [0, 0.1) is 0 Å². The van der Waals surface area contributed by atoms with E-state index < -0.39 is 0 Å². The van der Waals surface area contributed by atoms with Gasteiger partial charge < -0.3 is 9.64 Å². The van der Waals surface area contributed by atoms with E-state index in [2.05, 4.69) is 11.8 Å². The van der Waals surface area contributed by atoms with Gasteiger partial charge in [0.2, 0.25) is 0 Å². The number of likely N-dealkylation sites (tertiary alicyclic amines) is 1. The fourth-order valence-corrected chi connectivity index (χ4v) is 1.72. The number of rotatable bonds is 3. The van der Waals surface area contributed by atoms with Gasteiger partial charge in [-0.05, 0) is 32.4 Å². The maximum Gasteiger partial charge on any atom is 0.0698 e. The maximum absolute atomic E-state index is 5.33. The van der Waals surface area contributed by atoms with E-state index >= 15 is 0 Å². The Labute approximate surface area is 83.3 Å². The number of hydrogen-bond acceptors (Lipinski definition) is 2. The number of methoxy groups -OCH3 is 1. The summed E-state index contributed by atoms with van der Waals surface area (Å²) in [5.74, 6) is 0. The van der Waals surface area contributed by atoms with Crippen LogP contribution in [0.2, 0.25) is 0 Å². The molecule has 1 saturated heterocycles. The standard InChI is InChI=1S/C9H19NO.C2H6/c1-3-6-10-7-4-5-9(8-10)11-2;1-2/h9H,3-8H2,1-2H3;1-2H3. The monoisotopic (exact) mass is 187 g/mol. The molecule has 0 aromatic heterocycles. The Bertz CT molecular complexity index is 104. The average Bonchev–Trinajstić information content (AvgIpc) is 2.22. The van der Waals surface area contributed by atoms with Crippen LogP contribution in [-0.2, 0) is 4.74 Å². The Morgan fingerprint density at radius 1 is 1.38 bits per heavy atom. The lowest BCUT2D eigenvalue weighted by Crippen LogP contribution is -2.39. The lowest BCUT2D eigenvalue weighted by molar-refractivity contribution is 0.0315. The smallest absolute Gasteiger partial charge is 0.0698 e. The van der Waals surface area contributed by atoms with E-state index in [-0.39, 0.29) is 0 Å². The first-order valence-corrected chi connectivity index (χ1v) is 5.62. The minimum atomic E-state index is 0.496. The molecule has 0 aromatic carbocycles. The average molecular weight is 187 g/mol. The van der Waals surface area contributed by atoms with Crippen LogP contribution in [0.15, 0.2) is 0 Å². The molecule has 0 N–H and O–H groups in total. The molecule has 0 saturated carbocycles. The van der Waals surface area contributed by atoms with Crippen LogP contribution < -0.4 is 0 Å². The predicted molar refractivity (Wildman–Crippen MR) is 58.1 cm³/mol. The summed E-state index contributed by atoms with van der Waals surface area (Å²) in [5, 5.41) is 0. The zero-order valence-corrected chi connectivity index (χ0v) is 9.68. The lowest BCUT2D eigenvalue weighted by Gasteiger charge is -2.31. The Morgan fingerprint density at radius 3 is 2.62 bits per heavy atom. The van der Waals surface area contributed by atoms with Gasteiger partial charge in [-0.25, -0.2) is 0 Å². The normalized spacial score (nSPS) is 23.5. The van der Waals surface area contributed by atoms with Gasteiger partial charge in [-0.2, -0.15) is 0 Å². The third-order valence-electron chi connectivity index (χ3n) is 2.34. The van der Waals surface area contributed by atoms with Crippen molar-refractivity contribution >= 4 is 0 Å². The van der Waals surface area contributed by atoms with E-state index in [1.54, 1.807) is 0 Å². The SMILES string of the molecule is CC.CCCN1CCCC(OC)C1. The third kappa shape index (κ3) is 5.27. The topological polar surface area (TPSA) is 12.5 Å². The van der Waals surface area contributed by atoms with E-state index in [1.165, 1.54) is 32.4 Å². The highest BCUT2D eigenvalue weighted by atomic mass is 16.5. The Hall–Kier alpha value is -0.0800. The van der Waals surface area contributed by atoms with Crippen LogP contribution in [0.5, 0.6) is 0 Å². The van der Waals surface area contributed by atoms with E-state index in [1.807, 2.05) is 21.0 Å². The molecule has 1 rings (SSSR count). The second-order valence-electron chi connectivity index (χ2n) is 3.30. The fourth-order valence-electron chi connectivity index (χ4n) is 1.72. The Balaban J connectivity index is 0.000000671. The quantitative estimate of drug-likeness (QED) is 0.673. The van der Waals surface area contributed by atoms with E-state index in [0.29, 0.717) is 6.10 Å². The first kappa shape index (κ1) is 12.9. The van der Waals surface area contributed by atoms with Crippen LogP contribution in [0.3, 0.4) is 0 Å². The van der Waals surface area contributed by atoms with E-state index in [9.17, 15) is 0 Å². The molecule has 0 spiro atoms. The molecule has 0 aromatic rings. The zero-order chi connectivity index (χ0) is 10.1. The molecule has 13 heavy (non-hydrogen) atoms. The number of hydrogen-bond donors (Lipinski definition) is 0. The Morgan fingerprint density at radius 2 is 2.08 bits per heavy atom. The molecule has 1 fully saturated rings. The predicted octanol–water partition coefficient (Wildman–Crippen LogP) is 2.53. The molecule has 80 valence electrons. The van der Waals surface area contributed by atoms with Gasteiger partial charge in [0.25, 0.3) is 0 Å². The van der Waals surface area contributed by atoms with Crippen LogP contribution in [0.4, 0.5) is 0 Å². The minimum absolute atomic E-state index is 0.496. The van der Waals surface area contributed by atoms with Gasteiger partial charge in [-0.3, -0.25) is 0 Å². The van der Waals surface area contributed by atoms with Crippen LogP contribution in [0.1, 0.15) is 40.0 Å². The summed E-state index contributed by atoms with van der Waals surface area (Å²) in [6.07, 6.45) is 4.31. The van der Waals surface area contributed by atoms with Crippen molar-refractivity contribution < 1.29 is 4.74 Å². The first-order valence-electron chi connectivity index (χ1n) is 5.62. The van der Waals surface area contributed by atoms with E-state index in [4.69, 9.17) is 4.74 Å². The highest BCUT2D eigenvalue weighted by Gasteiger charge is 2.17. The summed E-state index contributed by atoms with van der Waals surface area (Å²) in [4.78, 5) is 2.50. The molecule has 0 radical (unpaired) electrons. The maximum atomic E-state index is 5.33. The highest BCUT2D eigenvalue weighted by molar-refractivity contribution is 4.72. The van der Waals surface area contributed by atoms with Gasteiger partial charge in [0.15, 0.2) is 0 Å². The summed E-state index contributed by atoms with van der Waals surface area (Å²) in [6, 6.07) is 0. The van der Waals surface area contributed by atoms with Crippen molar-refractivity contribution in [3.05, 3.63) is 0 Å². The fraction of sp³-hybridized carbons (Fsp3) is 1.00. The molecule has 0 amide bonds. The van der Waals surface area contributed by atoms with Crippen LogP contribution in [-0.4, -0.2) is 37.7 Å². The zero-order valence-electron chi connectivity index (χ0n) is 9.68. The summed E-state index contributed by atoms with van der Waals surface area (Å²) >= 11 is 0. The summed E-state index contributed by atoms with van der Waals surface area (Å²) < 4.78 is 5.33. The molecule has 1 aliphatic rings. The Kier molecular flexibility index (Phi) is 8.46. The molecule has 1 atom stereocenters. The second-order valence-corrected chi connectivity index (χ2v) is 3.30. The molecule has 2 heteroatoms.